The normalized spacial score (nSPS) is 9.67. The first-order chi connectivity index (χ1) is 5.70. The first-order valence-corrected chi connectivity index (χ1v) is 3.44. The number of carboxylic acid groups (broad SMARTS) is 1. The highest BCUT2D eigenvalue weighted by atomic mass is 16.4. The minimum Gasteiger partial charge on any atom is -0.481 e. The molecule has 0 aliphatic heterocycles. The molecular formula is C7H8N2O3. The van der Waals surface area contributed by atoms with Gasteiger partial charge in [0.25, 0.3) is 0 Å². The standard InChI is InChI=1S/C7H8N2O3/c10-5(1-2-6(11)12)7-8-3-4-9-7/h3-4H,1-2H2,(H,8,9)(H,11,12). The number of carbonyl (C=O) groups excluding carboxylic acids is 1. The third-order valence-electron chi connectivity index (χ3n) is 1.33. The summed E-state index contributed by atoms with van der Waals surface area (Å²) >= 11 is 0. The van der Waals surface area contributed by atoms with E-state index in [1.165, 1.54) is 12.4 Å². The molecule has 0 aromatic carbocycles. The first-order valence-electron chi connectivity index (χ1n) is 3.44. The van der Waals surface area contributed by atoms with E-state index in [2.05, 4.69) is 9.97 Å². The van der Waals surface area contributed by atoms with Crippen molar-refractivity contribution in [3.8, 4) is 0 Å². The average Bonchev–Trinajstić information content (AvgIpc) is 2.51. The minimum atomic E-state index is -0.977. The second kappa shape index (κ2) is 3.66. The Balaban J connectivity index is 2.45. The van der Waals surface area contributed by atoms with Crippen molar-refractivity contribution in [3.63, 3.8) is 0 Å². The molecule has 1 heterocycles. The number of Topliss-reactive ketones (excluding diaryl/α,β-unsaturated/α-hetero) is 1. The van der Waals surface area contributed by atoms with E-state index < -0.39 is 5.97 Å². The second-order valence-corrected chi connectivity index (χ2v) is 2.25. The van der Waals surface area contributed by atoms with Gasteiger partial charge in [-0.3, -0.25) is 9.59 Å². The van der Waals surface area contributed by atoms with Crippen molar-refractivity contribution in [2.24, 2.45) is 0 Å². The lowest BCUT2D eigenvalue weighted by Gasteiger charge is -1.92. The van der Waals surface area contributed by atoms with E-state index >= 15 is 0 Å². The molecule has 0 saturated carbocycles. The van der Waals surface area contributed by atoms with Gasteiger partial charge in [0.15, 0.2) is 11.6 Å². The van der Waals surface area contributed by atoms with Crippen molar-refractivity contribution < 1.29 is 14.7 Å². The number of hydrogen-bond donors (Lipinski definition) is 2. The van der Waals surface area contributed by atoms with Crippen molar-refractivity contribution in [2.75, 3.05) is 0 Å². The topological polar surface area (TPSA) is 83.0 Å². The molecule has 0 unspecified atom stereocenters. The Morgan fingerprint density at radius 1 is 1.50 bits per heavy atom. The molecule has 0 atom stereocenters. The molecule has 64 valence electrons. The molecule has 0 spiro atoms. The SMILES string of the molecule is O=C(O)CCC(=O)c1ncc[nH]1. The van der Waals surface area contributed by atoms with Crippen LogP contribution in [0.1, 0.15) is 23.5 Å². The Kier molecular flexibility index (Phi) is 2.57. The number of nitrogens with zero attached hydrogens (tertiary/aromatic N) is 1. The average molecular weight is 168 g/mol. The highest BCUT2D eigenvalue weighted by molar-refractivity contribution is 5.94. The van der Waals surface area contributed by atoms with Gasteiger partial charge in [0.05, 0.1) is 6.42 Å². The van der Waals surface area contributed by atoms with Crippen LogP contribution in [0.4, 0.5) is 0 Å². The zero-order valence-electron chi connectivity index (χ0n) is 6.28. The molecule has 5 nitrogen and oxygen atoms in total. The van der Waals surface area contributed by atoms with E-state index in [4.69, 9.17) is 5.11 Å². The fourth-order valence-electron chi connectivity index (χ4n) is 0.757. The van der Waals surface area contributed by atoms with Crippen LogP contribution < -0.4 is 0 Å². The Morgan fingerprint density at radius 2 is 2.25 bits per heavy atom. The number of hydrogen-bond acceptors (Lipinski definition) is 3. The van der Waals surface area contributed by atoms with Crippen molar-refractivity contribution in [1.29, 1.82) is 0 Å². The predicted octanol–water partition coefficient (Wildman–Crippen LogP) is 0.457. The summed E-state index contributed by atoms with van der Waals surface area (Å²) in [6, 6.07) is 0. The number of ketones is 1. The number of aromatic amines is 1. The van der Waals surface area contributed by atoms with Crippen LogP contribution in [0.5, 0.6) is 0 Å². The summed E-state index contributed by atoms with van der Waals surface area (Å²) in [6.07, 6.45) is 2.81. The van der Waals surface area contributed by atoms with Crippen molar-refractivity contribution in [1.82, 2.24) is 9.97 Å². The molecule has 5 heteroatoms. The van der Waals surface area contributed by atoms with E-state index in [1.54, 1.807) is 0 Å². The molecule has 12 heavy (non-hydrogen) atoms. The van der Waals surface area contributed by atoms with Gasteiger partial charge >= 0.3 is 5.97 Å². The van der Waals surface area contributed by atoms with Crippen LogP contribution in [0.3, 0.4) is 0 Å². The number of aromatic nitrogens is 2. The number of aliphatic carboxylic acids is 1. The second-order valence-electron chi connectivity index (χ2n) is 2.25. The maximum atomic E-state index is 11.1. The van der Waals surface area contributed by atoms with Crippen LogP contribution in [0.2, 0.25) is 0 Å². The van der Waals surface area contributed by atoms with E-state index in [-0.39, 0.29) is 24.4 Å². The quantitative estimate of drug-likeness (QED) is 0.639. The Morgan fingerprint density at radius 3 is 2.75 bits per heavy atom. The molecule has 0 amide bonds. The van der Waals surface area contributed by atoms with Crippen LogP contribution >= 0.6 is 0 Å². The van der Waals surface area contributed by atoms with Crippen LogP contribution in [-0.2, 0) is 4.79 Å². The molecule has 0 radical (unpaired) electrons. The van der Waals surface area contributed by atoms with E-state index in [1.807, 2.05) is 0 Å². The largest absolute Gasteiger partial charge is 0.481 e. The van der Waals surface area contributed by atoms with E-state index in [0.29, 0.717) is 0 Å². The van der Waals surface area contributed by atoms with Crippen molar-refractivity contribution >= 4 is 11.8 Å². The number of imidazole rings is 1. The molecule has 1 rings (SSSR count). The summed E-state index contributed by atoms with van der Waals surface area (Å²) in [6.45, 7) is 0. The van der Waals surface area contributed by atoms with Gasteiger partial charge in [0.2, 0.25) is 0 Å². The summed E-state index contributed by atoms with van der Waals surface area (Å²) in [5, 5.41) is 8.28. The summed E-state index contributed by atoms with van der Waals surface area (Å²) in [7, 11) is 0. The summed E-state index contributed by atoms with van der Waals surface area (Å²) in [5.74, 6) is -1.03. The lowest BCUT2D eigenvalue weighted by Crippen LogP contribution is -2.05. The Bertz CT molecular complexity index is 279. The van der Waals surface area contributed by atoms with Crippen LogP contribution in [-0.4, -0.2) is 26.8 Å². The van der Waals surface area contributed by atoms with Crippen LogP contribution in [0, 0.1) is 0 Å². The zero-order chi connectivity index (χ0) is 8.97. The van der Waals surface area contributed by atoms with Gasteiger partial charge in [-0.05, 0) is 0 Å². The third kappa shape index (κ3) is 2.19. The fourth-order valence-corrected chi connectivity index (χ4v) is 0.757. The number of rotatable bonds is 4. The monoisotopic (exact) mass is 168 g/mol. The van der Waals surface area contributed by atoms with Crippen LogP contribution in [0.25, 0.3) is 0 Å². The third-order valence-corrected chi connectivity index (χ3v) is 1.33. The highest BCUT2D eigenvalue weighted by Gasteiger charge is 2.09. The van der Waals surface area contributed by atoms with Crippen LogP contribution in [0.15, 0.2) is 12.4 Å². The molecule has 0 bridgehead atoms. The maximum Gasteiger partial charge on any atom is 0.303 e. The van der Waals surface area contributed by atoms with Gasteiger partial charge in [-0.15, -0.1) is 0 Å². The minimum absolute atomic E-state index is 0.0111. The van der Waals surface area contributed by atoms with Gasteiger partial charge in [0.1, 0.15) is 0 Å². The predicted molar refractivity (Wildman–Crippen MR) is 39.8 cm³/mol. The molecule has 0 aliphatic carbocycles. The molecule has 0 saturated heterocycles. The number of H-pyrrole nitrogens is 1. The lowest BCUT2D eigenvalue weighted by molar-refractivity contribution is -0.136. The molecule has 2 N–H and O–H groups in total. The first kappa shape index (κ1) is 8.45. The number of carboxylic acids is 1. The summed E-state index contributed by atoms with van der Waals surface area (Å²) < 4.78 is 0. The van der Waals surface area contributed by atoms with Crippen molar-refractivity contribution in [2.45, 2.75) is 12.8 Å². The number of carbonyl (C=O) groups is 2. The smallest absolute Gasteiger partial charge is 0.303 e. The lowest BCUT2D eigenvalue weighted by atomic mass is 10.2. The Labute approximate surface area is 68.4 Å². The number of nitrogens with one attached hydrogen (secondary N) is 1. The van der Waals surface area contributed by atoms with Gasteiger partial charge in [-0.2, -0.15) is 0 Å². The van der Waals surface area contributed by atoms with Crippen molar-refractivity contribution in [3.05, 3.63) is 18.2 Å². The summed E-state index contributed by atoms with van der Waals surface area (Å²) in [4.78, 5) is 27.4. The van der Waals surface area contributed by atoms with Gasteiger partial charge in [0, 0.05) is 18.8 Å². The van der Waals surface area contributed by atoms with E-state index in [0.717, 1.165) is 0 Å². The molecular weight excluding hydrogens is 160 g/mol. The molecule has 0 aliphatic rings. The zero-order valence-corrected chi connectivity index (χ0v) is 6.28. The molecule has 0 fully saturated rings. The van der Waals surface area contributed by atoms with Gasteiger partial charge in [-0.25, -0.2) is 4.98 Å². The van der Waals surface area contributed by atoms with E-state index in [9.17, 15) is 9.59 Å². The fraction of sp³-hybridized carbons (Fsp3) is 0.286. The van der Waals surface area contributed by atoms with Gasteiger partial charge < -0.3 is 10.1 Å². The molecule has 1 aromatic rings. The van der Waals surface area contributed by atoms with Gasteiger partial charge in [-0.1, -0.05) is 0 Å². The highest BCUT2D eigenvalue weighted by Crippen LogP contribution is 1.98. The maximum absolute atomic E-state index is 11.1. The summed E-state index contributed by atoms with van der Waals surface area (Å²) in [5.41, 5.74) is 0. The molecule has 1 aromatic heterocycles. The Hall–Kier alpha value is -1.65.